The van der Waals surface area contributed by atoms with Crippen LogP contribution in [0.4, 0.5) is 15.9 Å². The summed E-state index contributed by atoms with van der Waals surface area (Å²) in [7, 11) is 0. The fraction of sp³-hybridized carbons (Fsp3) is 0.214. The largest absolute Gasteiger partial charge is 0.434 e. The van der Waals surface area contributed by atoms with Crippen LogP contribution < -0.4 is 20.1 Å². The van der Waals surface area contributed by atoms with Crippen LogP contribution in [0.15, 0.2) is 49.3 Å². The lowest BCUT2D eigenvalue weighted by molar-refractivity contribution is -0.126. The molecule has 0 saturated carbocycles. The van der Waals surface area contributed by atoms with E-state index in [-0.39, 0.29) is 45.3 Å². The maximum atomic E-state index is 14.5. The van der Waals surface area contributed by atoms with Crippen molar-refractivity contribution in [2.24, 2.45) is 0 Å². The summed E-state index contributed by atoms with van der Waals surface area (Å²) in [5.41, 5.74) is 6.97. The number of nitrogen functional groups attached to an aromatic ring is 1. The van der Waals surface area contributed by atoms with E-state index in [0.717, 1.165) is 18.0 Å². The van der Waals surface area contributed by atoms with Gasteiger partial charge >= 0.3 is 6.01 Å². The smallest absolute Gasteiger partial charge is 0.324 e. The molecule has 5 rings (SSSR count). The van der Waals surface area contributed by atoms with Crippen molar-refractivity contribution in [3.8, 4) is 23.4 Å². The van der Waals surface area contributed by atoms with Crippen molar-refractivity contribution in [1.82, 2.24) is 24.8 Å². The Labute approximate surface area is 239 Å². The zero-order valence-corrected chi connectivity index (χ0v) is 22.9. The maximum Gasteiger partial charge on any atom is 0.324 e. The first-order valence-electron chi connectivity index (χ1n) is 12.7. The first-order chi connectivity index (χ1) is 19.8. The Hall–Kier alpha value is -4.84. The van der Waals surface area contributed by atoms with Gasteiger partial charge in [0.05, 0.1) is 16.6 Å². The lowest BCUT2D eigenvalue weighted by atomic mass is 10.1. The molecule has 0 bridgehead atoms. The van der Waals surface area contributed by atoms with Crippen LogP contribution in [-0.2, 0) is 11.2 Å². The molecule has 3 N–H and O–H groups in total. The van der Waals surface area contributed by atoms with E-state index in [0.29, 0.717) is 49.6 Å². The third-order valence-electron chi connectivity index (χ3n) is 6.58. The number of hydrogen-bond donors (Lipinski definition) is 2. The van der Waals surface area contributed by atoms with E-state index in [2.05, 4.69) is 21.5 Å². The number of carbonyl (C=O) groups excluding carboxylic acids is 1. The molecule has 0 radical (unpaired) electrons. The van der Waals surface area contributed by atoms with Crippen LogP contribution in [0.1, 0.15) is 18.2 Å². The second kappa shape index (κ2) is 11.7. The van der Waals surface area contributed by atoms with Crippen LogP contribution in [0.2, 0.25) is 5.02 Å². The molecule has 11 nitrogen and oxygen atoms in total. The number of anilines is 2. The molecule has 3 aromatic heterocycles. The Morgan fingerprint density at radius 3 is 2.68 bits per heavy atom. The highest BCUT2D eigenvalue weighted by Gasteiger charge is 2.26. The van der Waals surface area contributed by atoms with Crippen LogP contribution in [-0.4, -0.2) is 63.1 Å². The molecule has 0 spiro atoms. The monoisotopic (exact) mass is 576 g/mol. The quantitative estimate of drug-likeness (QED) is 0.172. The van der Waals surface area contributed by atoms with Gasteiger partial charge in [-0.3, -0.25) is 9.78 Å². The summed E-state index contributed by atoms with van der Waals surface area (Å²) >= 11 is 6.23. The summed E-state index contributed by atoms with van der Waals surface area (Å²) in [5.74, 6) is -0.118. The number of aromatic nitrogens is 4. The molecule has 210 valence electrons. The molecule has 1 amide bonds. The van der Waals surface area contributed by atoms with E-state index in [1.807, 2.05) is 11.8 Å². The molecule has 1 fully saturated rings. The van der Waals surface area contributed by atoms with E-state index >= 15 is 0 Å². The molecule has 1 aromatic carbocycles. The predicted molar refractivity (Wildman–Crippen MR) is 154 cm³/mol. The Kier molecular flexibility index (Phi) is 7.92. The van der Waals surface area contributed by atoms with Crippen molar-refractivity contribution >= 4 is 46.1 Å². The molecule has 4 heterocycles. The number of rotatable bonds is 8. The number of hydrogen-bond acceptors (Lipinski definition) is 10. The Balaban J connectivity index is 1.63. The molecular formula is C28H26ClFN8O3. The third kappa shape index (κ3) is 5.46. The fourth-order valence-corrected chi connectivity index (χ4v) is 4.68. The van der Waals surface area contributed by atoms with Crippen LogP contribution >= 0.6 is 11.6 Å². The topological polar surface area (TPSA) is 143 Å². The van der Waals surface area contributed by atoms with Crippen molar-refractivity contribution in [2.75, 3.05) is 36.8 Å². The van der Waals surface area contributed by atoms with E-state index in [1.165, 1.54) is 12.3 Å². The molecule has 4 aromatic rings. The standard InChI is InChI=1S/C28H26ClFN8O3/c1-3-20-21(6-5-8-33-20)40-28-35-24-16(26(36-28)38-12-10-37(11-13-38)22(39)4-2)7-9-34-27(24)41-25-17(15-31)19(32)14-18(30)23(25)29/h4-9,14-15,31H,2-3,10-13,32H2,1H3. The lowest BCUT2D eigenvalue weighted by Gasteiger charge is -2.35. The molecular weight excluding hydrogens is 551 g/mol. The van der Waals surface area contributed by atoms with E-state index in [9.17, 15) is 9.18 Å². The average molecular weight is 577 g/mol. The van der Waals surface area contributed by atoms with Crippen molar-refractivity contribution < 1.29 is 18.7 Å². The van der Waals surface area contributed by atoms with Crippen molar-refractivity contribution in [1.29, 1.82) is 5.41 Å². The normalized spacial score (nSPS) is 13.2. The minimum Gasteiger partial charge on any atom is -0.434 e. The zero-order valence-electron chi connectivity index (χ0n) is 22.1. The minimum atomic E-state index is -0.806. The van der Waals surface area contributed by atoms with Gasteiger partial charge in [-0.15, -0.1) is 0 Å². The highest BCUT2D eigenvalue weighted by molar-refractivity contribution is 6.33. The van der Waals surface area contributed by atoms with Gasteiger partial charge in [-0.05, 0) is 36.8 Å². The van der Waals surface area contributed by atoms with Gasteiger partial charge in [0.25, 0.3) is 0 Å². The molecule has 1 saturated heterocycles. The minimum absolute atomic E-state index is 0.00905. The lowest BCUT2D eigenvalue weighted by Crippen LogP contribution is -2.48. The number of pyridine rings is 2. The van der Waals surface area contributed by atoms with E-state index in [1.54, 1.807) is 29.3 Å². The van der Waals surface area contributed by atoms with E-state index in [4.69, 9.17) is 37.2 Å². The van der Waals surface area contributed by atoms with Crippen LogP contribution in [0.25, 0.3) is 10.9 Å². The Morgan fingerprint density at radius 2 is 1.98 bits per heavy atom. The molecule has 1 aliphatic heterocycles. The molecule has 0 atom stereocenters. The summed E-state index contributed by atoms with van der Waals surface area (Å²) < 4.78 is 26.6. The number of nitrogens with one attached hydrogen (secondary N) is 1. The molecule has 1 aliphatic rings. The van der Waals surface area contributed by atoms with Crippen molar-refractivity contribution in [3.05, 3.63) is 71.4 Å². The number of ether oxygens (including phenoxy) is 2. The number of fused-ring (bicyclic) bond motifs is 1. The highest BCUT2D eigenvalue weighted by atomic mass is 35.5. The number of piperazine rings is 1. The molecule has 0 aliphatic carbocycles. The van der Waals surface area contributed by atoms with Gasteiger partial charge in [0.15, 0.2) is 11.5 Å². The number of halogens is 2. The zero-order chi connectivity index (χ0) is 29.1. The number of benzene rings is 1. The maximum absolute atomic E-state index is 14.5. The Morgan fingerprint density at radius 1 is 1.20 bits per heavy atom. The van der Waals surface area contributed by atoms with Crippen LogP contribution in [0, 0.1) is 11.2 Å². The number of amides is 1. The molecule has 41 heavy (non-hydrogen) atoms. The predicted octanol–water partition coefficient (Wildman–Crippen LogP) is 4.77. The van der Waals surface area contributed by atoms with Gasteiger partial charge in [-0.2, -0.15) is 9.97 Å². The van der Waals surface area contributed by atoms with Gasteiger partial charge in [0.2, 0.25) is 11.8 Å². The number of carbonyl (C=O) groups is 1. The third-order valence-corrected chi connectivity index (χ3v) is 6.93. The highest BCUT2D eigenvalue weighted by Crippen LogP contribution is 2.40. The van der Waals surface area contributed by atoms with Crippen LogP contribution in [0.5, 0.6) is 23.4 Å². The number of nitrogens with zero attached hydrogens (tertiary/aromatic N) is 6. The molecule has 13 heteroatoms. The summed E-state index contributed by atoms with van der Waals surface area (Å²) in [6.45, 7) is 7.43. The summed E-state index contributed by atoms with van der Waals surface area (Å²) in [5, 5.41) is 7.99. The summed E-state index contributed by atoms with van der Waals surface area (Å²) in [6, 6.07) is 6.27. The van der Waals surface area contributed by atoms with Gasteiger partial charge in [0.1, 0.15) is 22.2 Å². The SMILES string of the molecule is C=CC(=O)N1CCN(c2nc(Oc3cccnc3CC)nc3c(Oc4c(Cl)c(F)cc(N)c4C=N)nccc23)CC1. The summed E-state index contributed by atoms with van der Waals surface area (Å²) in [4.78, 5) is 33.9. The molecule has 0 unspecified atom stereocenters. The second-order valence-electron chi connectivity index (χ2n) is 9.01. The number of aryl methyl sites for hydroxylation is 1. The first-order valence-corrected chi connectivity index (χ1v) is 13.1. The fourth-order valence-electron chi connectivity index (χ4n) is 4.48. The second-order valence-corrected chi connectivity index (χ2v) is 9.39. The average Bonchev–Trinajstić information content (AvgIpc) is 2.99. The van der Waals surface area contributed by atoms with Gasteiger partial charge in [-0.25, -0.2) is 9.37 Å². The van der Waals surface area contributed by atoms with Gasteiger partial charge in [-0.1, -0.05) is 25.1 Å². The Bertz CT molecular complexity index is 1660. The van der Waals surface area contributed by atoms with Gasteiger partial charge < -0.3 is 30.4 Å². The first kappa shape index (κ1) is 27.7. The van der Waals surface area contributed by atoms with Gasteiger partial charge in [0, 0.05) is 50.5 Å². The van der Waals surface area contributed by atoms with Crippen LogP contribution in [0.3, 0.4) is 0 Å². The van der Waals surface area contributed by atoms with E-state index < -0.39 is 5.82 Å². The summed E-state index contributed by atoms with van der Waals surface area (Å²) in [6.07, 6.45) is 6.02. The van der Waals surface area contributed by atoms with Crippen molar-refractivity contribution in [2.45, 2.75) is 13.3 Å². The van der Waals surface area contributed by atoms with Crippen molar-refractivity contribution in [3.63, 3.8) is 0 Å². The number of nitrogens with two attached hydrogens (primary N) is 1.